The molecule has 0 aromatic heterocycles. The van der Waals surface area contributed by atoms with E-state index in [-0.39, 0.29) is 11.9 Å². The number of hydrogen-bond acceptors (Lipinski definition) is 3. The number of rotatable bonds is 4. The Morgan fingerprint density at radius 1 is 1.19 bits per heavy atom. The Labute approximate surface area is 125 Å². The van der Waals surface area contributed by atoms with Crippen LogP contribution in [0.1, 0.15) is 12.0 Å². The normalized spacial score (nSPS) is 14.9. The van der Waals surface area contributed by atoms with Crippen molar-refractivity contribution in [3.05, 3.63) is 29.8 Å². The van der Waals surface area contributed by atoms with Crippen LogP contribution in [0, 0.1) is 12.3 Å². The summed E-state index contributed by atoms with van der Waals surface area (Å²) in [5.74, 6) is 0.949. The Bertz CT molecular complexity index is 493. The molecule has 1 aromatic rings. The number of ether oxygens (including phenoxy) is 1. The first kappa shape index (κ1) is 15.2. The number of carbonyl (C=O) groups excluding carboxylic acids is 1. The first-order valence-electron chi connectivity index (χ1n) is 7.12. The standard InChI is InChI=1S/C15H22N4O2/c1-12-2-4-13(5-3-12)21-11-6-14(20)18-7-9-19(10-8-18)15(16)17/h2-5H,6-11H2,1H3,(H3,16,17). The van der Waals surface area contributed by atoms with Crippen LogP contribution >= 0.6 is 0 Å². The quantitative estimate of drug-likeness (QED) is 0.635. The molecule has 0 aliphatic carbocycles. The van der Waals surface area contributed by atoms with Gasteiger partial charge in [-0.3, -0.25) is 10.2 Å². The van der Waals surface area contributed by atoms with Gasteiger partial charge in [-0.05, 0) is 19.1 Å². The maximum atomic E-state index is 12.1. The average Bonchev–Trinajstić information content (AvgIpc) is 2.49. The minimum Gasteiger partial charge on any atom is -0.493 e. The van der Waals surface area contributed by atoms with Crippen LogP contribution in [0.25, 0.3) is 0 Å². The van der Waals surface area contributed by atoms with Gasteiger partial charge in [-0.2, -0.15) is 0 Å². The number of aryl methyl sites for hydroxylation is 1. The number of nitrogens with one attached hydrogen (secondary N) is 1. The van der Waals surface area contributed by atoms with Crippen molar-refractivity contribution >= 4 is 11.9 Å². The lowest BCUT2D eigenvalue weighted by Gasteiger charge is -2.34. The van der Waals surface area contributed by atoms with Crippen LogP contribution in [0.4, 0.5) is 0 Å². The van der Waals surface area contributed by atoms with Crippen molar-refractivity contribution < 1.29 is 9.53 Å². The van der Waals surface area contributed by atoms with Crippen LogP contribution in [0.2, 0.25) is 0 Å². The summed E-state index contributed by atoms with van der Waals surface area (Å²) in [6.45, 7) is 4.88. The molecule has 1 aromatic carbocycles. The van der Waals surface area contributed by atoms with Gasteiger partial charge in [0.2, 0.25) is 5.91 Å². The molecular weight excluding hydrogens is 268 g/mol. The molecule has 6 nitrogen and oxygen atoms in total. The summed E-state index contributed by atoms with van der Waals surface area (Å²) in [6, 6.07) is 7.78. The molecule has 21 heavy (non-hydrogen) atoms. The fourth-order valence-corrected chi connectivity index (χ4v) is 2.25. The first-order chi connectivity index (χ1) is 10.1. The molecule has 1 aliphatic rings. The largest absolute Gasteiger partial charge is 0.493 e. The third-order valence-electron chi connectivity index (χ3n) is 3.58. The highest BCUT2D eigenvalue weighted by atomic mass is 16.5. The smallest absolute Gasteiger partial charge is 0.226 e. The Morgan fingerprint density at radius 2 is 1.76 bits per heavy atom. The second kappa shape index (κ2) is 6.97. The van der Waals surface area contributed by atoms with Gasteiger partial charge in [0.05, 0.1) is 13.0 Å². The zero-order valence-electron chi connectivity index (χ0n) is 12.3. The highest BCUT2D eigenvalue weighted by Crippen LogP contribution is 2.12. The molecule has 1 amide bonds. The van der Waals surface area contributed by atoms with Crippen molar-refractivity contribution in [2.45, 2.75) is 13.3 Å². The number of guanidine groups is 1. The summed E-state index contributed by atoms with van der Waals surface area (Å²) in [5.41, 5.74) is 6.61. The van der Waals surface area contributed by atoms with Gasteiger partial charge in [-0.25, -0.2) is 0 Å². The molecule has 114 valence electrons. The van der Waals surface area contributed by atoms with E-state index in [1.807, 2.05) is 31.2 Å². The van der Waals surface area contributed by atoms with E-state index in [4.69, 9.17) is 15.9 Å². The van der Waals surface area contributed by atoms with E-state index in [1.165, 1.54) is 5.56 Å². The number of piperazine rings is 1. The number of benzene rings is 1. The van der Waals surface area contributed by atoms with Crippen LogP contribution < -0.4 is 10.5 Å². The van der Waals surface area contributed by atoms with Crippen molar-refractivity contribution in [3.63, 3.8) is 0 Å². The zero-order valence-corrected chi connectivity index (χ0v) is 12.3. The molecule has 6 heteroatoms. The average molecular weight is 290 g/mol. The fourth-order valence-electron chi connectivity index (χ4n) is 2.25. The third kappa shape index (κ3) is 4.37. The highest BCUT2D eigenvalue weighted by molar-refractivity contribution is 5.78. The topological polar surface area (TPSA) is 82.7 Å². The molecule has 0 atom stereocenters. The molecular formula is C15H22N4O2. The minimum atomic E-state index is 0.0739. The second-order valence-electron chi connectivity index (χ2n) is 5.16. The summed E-state index contributed by atoms with van der Waals surface area (Å²) >= 11 is 0. The Hall–Kier alpha value is -2.24. The Morgan fingerprint density at radius 3 is 2.33 bits per heavy atom. The molecule has 0 saturated carbocycles. The van der Waals surface area contributed by atoms with E-state index < -0.39 is 0 Å². The lowest BCUT2D eigenvalue weighted by atomic mass is 10.2. The number of nitrogens with two attached hydrogens (primary N) is 1. The monoisotopic (exact) mass is 290 g/mol. The summed E-state index contributed by atoms with van der Waals surface area (Å²) in [7, 11) is 0. The SMILES string of the molecule is Cc1ccc(OCCC(=O)N2CCN(C(=N)N)CC2)cc1. The van der Waals surface area contributed by atoms with Crippen molar-refractivity contribution in [2.24, 2.45) is 5.73 Å². The van der Waals surface area contributed by atoms with Crippen LogP contribution in [0.15, 0.2) is 24.3 Å². The minimum absolute atomic E-state index is 0.0739. The third-order valence-corrected chi connectivity index (χ3v) is 3.58. The summed E-state index contributed by atoms with van der Waals surface area (Å²) in [4.78, 5) is 15.6. The number of nitrogens with zero attached hydrogens (tertiary/aromatic N) is 2. The molecule has 1 saturated heterocycles. The molecule has 1 heterocycles. The van der Waals surface area contributed by atoms with Crippen molar-refractivity contribution in [1.29, 1.82) is 5.41 Å². The van der Waals surface area contributed by atoms with Gasteiger partial charge in [0.25, 0.3) is 0 Å². The van der Waals surface area contributed by atoms with Crippen molar-refractivity contribution in [1.82, 2.24) is 9.80 Å². The van der Waals surface area contributed by atoms with E-state index in [1.54, 1.807) is 9.80 Å². The van der Waals surface area contributed by atoms with Crippen molar-refractivity contribution in [2.75, 3.05) is 32.8 Å². The Kier molecular flexibility index (Phi) is 5.03. The van der Waals surface area contributed by atoms with Gasteiger partial charge < -0.3 is 20.3 Å². The van der Waals surface area contributed by atoms with Crippen LogP contribution in [-0.2, 0) is 4.79 Å². The van der Waals surface area contributed by atoms with Gasteiger partial charge in [-0.1, -0.05) is 17.7 Å². The zero-order chi connectivity index (χ0) is 15.2. The molecule has 0 spiro atoms. The number of amides is 1. The summed E-state index contributed by atoms with van der Waals surface area (Å²) in [6.07, 6.45) is 0.369. The molecule has 0 radical (unpaired) electrons. The van der Waals surface area contributed by atoms with Gasteiger partial charge in [0.15, 0.2) is 5.96 Å². The fraction of sp³-hybridized carbons (Fsp3) is 0.467. The predicted molar refractivity (Wildman–Crippen MR) is 81.4 cm³/mol. The number of carbonyl (C=O) groups is 1. The molecule has 0 bridgehead atoms. The molecule has 1 fully saturated rings. The lowest BCUT2D eigenvalue weighted by molar-refractivity contribution is -0.133. The van der Waals surface area contributed by atoms with E-state index >= 15 is 0 Å². The van der Waals surface area contributed by atoms with E-state index in [9.17, 15) is 4.79 Å². The maximum Gasteiger partial charge on any atom is 0.226 e. The summed E-state index contributed by atoms with van der Waals surface area (Å²) < 4.78 is 5.57. The van der Waals surface area contributed by atoms with E-state index in [2.05, 4.69) is 0 Å². The van der Waals surface area contributed by atoms with Gasteiger partial charge >= 0.3 is 0 Å². The summed E-state index contributed by atoms with van der Waals surface area (Å²) in [5, 5.41) is 7.36. The first-order valence-corrected chi connectivity index (χ1v) is 7.12. The molecule has 1 aliphatic heterocycles. The van der Waals surface area contributed by atoms with Gasteiger partial charge in [-0.15, -0.1) is 0 Å². The second-order valence-corrected chi connectivity index (χ2v) is 5.16. The van der Waals surface area contributed by atoms with Gasteiger partial charge in [0, 0.05) is 26.2 Å². The maximum absolute atomic E-state index is 12.1. The molecule has 2 rings (SSSR count). The van der Waals surface area contributed by atoms with Crippen LogP contribution in [0.5, 0.6) is 5.75 Å². The van der Waals surface area contributed by atoms with Gasteiger partial charge in [0.1, 0.15) is 5.75 Å². The lowest BCUT2D eigenvalue weighted by Crippen LogP contribution is -2.52. The Balaban J connectivity index is 1.70. The number of hydrogen-bond donors (Lipinski definition) is 2. The molecule has 3 N–H and O–H groups in total. The van der Waals surface area contributed by atoms with Crippen LogP contribution in [0.3, 0.4) is 0 Å². The van der Waals surface area contributed by atoms with E-state index in [0.717, 1.165) is 5.75 Å². The van der Waals surface area contributed by atoms with Crippen molar-refractivity contribution in [3.8, 4) is 5.75 Å². The van der Waals surface area contributed by atoms with Crippen LogP contribution in [-0.4, -0.2) is 54.5 Å². The molecule has 0 unspecified atom stereocenters. The predicted octanol–water partition coefficient (Wildman–Crippen LogP) is 0.802. The highest BCUT2D eigenvalue weighted by Gasteiger charge is 2.21. The van der Waals surface area contributed by atoms with E-state index in [0.29, 0.717) is 39.2 Å².